The highest BCUT2D eigenvalue weighted by atomic mass is 35.5. The van der Waals surface area contributed by atoms with E-state index in [1.165, 1.54) is 0 Å². The van der Waals surface area contributed by atoms with Gasteiger partial charge in [-0.1, -0.05) is 34.8 Å². The molecule has 0 unspecified atom stereocenters. The van der Waals surface area contributed by atoms with Crippen LogP contribution in [0, 0.1) is 0 Å². The van der Waals surface area contributed by atoms with E-state index in [0.29, 0.717) is 40.3 Å². The molecule has 2 saturated heterocycles. The molecule has 0 spiro atoms. The van der Waals surface area contributed by atoms with E-state index in [9.17, 15) is 9.90 Å². The molecule has 3 aliphatic rings. The Kier molecular flexibility index (Phi) is 5.82. The molecular weight excluding hydrogens is 459 g/mol. The fourth-order valence-corrected chi connectivity index (χ4v) is 5.76. The monoisotopic (exact) mass is 480 g/mol. The minimum absolute atomic E-state index is 0.0269. The van der Waals surface area contributed by atoms with Crippen molar-refractivity contribution in [3.63, 3.8) is 0 Å². The van der Waals surface area contributed by atoms with Crippen LogP contribution < -0.4 is 9.64 Å². The zero-order valence-electron chi connectivity index (χ0n) is 16.9. The third-order valence-electron chi connectivity index (χ3n) is 6.48. The lowest BCUT2D eigenvalue weighted by atomic mass is 10.1. The maximum atomic E-state index is 12.1. The molecule has 0 saturated carbocycles. The SMILES string of the molecule is O=C1CCCN1c1ccc(O[C@H]2c3cc(Cl)cc(Cl)c3C[C@@H]2N2CC[C@@H](O)C2)c(Cl)c1. The number of carbonyl (C=O) groups is 1. The fraction of sp³-hybridized carbons (Fsp3) is 0.435. The first kappa shape index (κ1) is 21.4. The van der Waals surface area contributed by atoms with E-state index in [0.717, 1.165) is 42.6 Å². The van der Waals surface area contributed by atoms with Gasteiger partial charge < -0.3 is 14.7 Å². The molecule has 1 aliphatic carbocycles. The van der Waals surface area contributed by atoms with Crippen LogP contribution in [0.5, 0.6) is 5.75 Å². The largest absolute Gasteiger partial charge is 0.482 e. The Morgan fingerprint density at radius 3 is 2.58 bits per heavy atom. The molecule has 164 valence electrons. The minimum Gasteiger partial charge on any atom is -0.482 e. The van der Waals surface area contributed by atoms with Gasteiger partial charge in [0.25, 0.3) is 0 Å². The number of likely N-dealkylation sites (tertiary alicyclic amines) is 1. The van der Waals surface area contributed by atoms with E-state index in [-0.39, 0.29) is 24.2 Å². The van der Waals surface area contributed by atoms with E-state index < -0.39 is 0 Å². The maximum Gasteiger partial charge on any atom is 0.227 e. The number of ether oxygens (including phenoxy) is 1. The predicted molar refractivity (Wildman–Crippen MR) is 123 cm³/mol. The lowest BCUT2D eigenvalue weighted by Gasteiger charge is -2.30. The Bertz CT molecular complexity index is 1030. The number of benzene rings is 2. The van der Waals surface area contributed by atoms with Gasteiger partial charge in [-0.15, -0.1) is 0 Å². The van der Waals surface area contributed by atoms with Crippen LogP contribution in [-0.4, -0.2) is 47.7 Å². The molecule has 5 rings (SSSR count). The van der Waals surface area contributed by atoms with E-state index in [2.05, 4.69) is 4.90 Å². The van der Waals surface area contributed by atoms with Gasteiger partial charge in [-0.2, -0.15) is 0 Å². The lowest BCUT2D eigenvalue weighted by molar-refractivity contribution is -0.117. The molecule has 1 N–H and O–H groups in total. The zero-order chi connectivity index (χ0) is 21.7. The summed E-state index contributed by atoms with van der Waals surface area (Å²) in [6.07, 6.45) is 2.25. The van der Waals surface area contributed by atoms with Gasteiger partial charge >= 0.3 is 0 Å². The third kappa shape index (κ3) is 4.03. The predicted octanol–water partition coefficient (Wildman–Crippen LogP) is 4.89. The zero-order valence-corrected chi connectivity index (χ0v) is 19.1. The van der Waals surface area contributed by atoms with Crippen molar-refractivity contribution in [2.75, 3.05) is 24.5 Å². The van der Waals surface area contributed by atoms with E-state index in [1.54, 1.807) is 17.0 Å². The van der Waals surface area contributed by atoms with Crippen LogP contribution in [0.3, 0.4) is 0 Å². The van der Waals surface area contributed by atoms with Crippen molar-refractivity contribution >= 4 is 46.4 Å². The highest BCUT2D eigenvalue weighted by Crippen LogP contribution is 2.44. The number of hydrogen-bond acceptors (Lipinski definition) is 4. The molecule has 0 bridgehead atoms. The first-order valence-corrected chi connectivity index (χ1v) is 11.7. The van der Waals surface area contributed by atoms with Crippen molar-refractivity contribution in [3.8, 4) is 5.75 Å². The summed E-state index contributed by atoms with van der Waals surface area (Å²) >= 11 is 19.4. The quantitative estimate of drug-likeness (QED) is 0.676. The Balaban J connectivity index is 1.46. The summed E-state index contributed by atoms with van der Waals surface area (Å²) in [5, 5.41) is 11.7. The second-order valence-electron chi connectivity index (χ2n) is 8.47. The maximum absolute atomic E-state index is 12.1. The summed E-state index contributed by atoms with van der Waals surface area (Å²) in [5.41, 5.74) is 2.77. The van der Waals surface area contributed by atoms with Crippen molar-refractivity contribution in [1.82, 2.24) is 4.90 Å². The lowest BCUT2D eigenvalue weighted by Crippen LogP contribution is -2.39. The minimum atomic E-state index is -0.329. The van der Waals surface area contributed by atoms with Crippen molar-refractivity contribution in [2.24, 2.45) is 0 Å². The second-order valence-corrected chi connectivity index (χ2v) is 9.72. The first-order chi connectivity index (χ1) is 14.9. The Hall–Kier alpha value is -1.50. The average Bonchev–Trinajstić information content (AvgIpc) is 3.43. The number of hydrogen-bond donors (Lipinski definition) is 1. The van der Waals surface area contributed by atoms with Gasteiger partial charge in [0, 0.05) is 47.4 Å². The third-order valence-corrected chi connectivity index (χ3v) is 7.33. The van der Waals surface area contributed by atoms with E-state index >= 15 is 0 Å². The smallest absolute Gasteiger partial charge is 0.227 e. The molecule has 2 aliphatic heterocycles. The van der Waals surface area contributed by atoms with E-state index in [4.69, 9.17) is 39.5 Å². The molecule has 8 heteroatoms. The number of nitrogens with zero attached hydrogens (tertiary/aromatic N) is 2. The summed E-state index contributed by atoms with van der Waals surface area (Å²) in [6.45, 7) is 2.12. The highest BCUT2D eigenvalue weighted by Gasteiger charge is 2.42. The molecule has 31 heavy (non-hydrogen) atoms. The van der Waals surface area contributed by atoms with Crippen LogP contribution in [0.2, 0.25) is 15.1 Å². The van der Waals surface area contributed by atoms with Crippen LogP contribution >= 0.6 is 34.8 Å². The molecule has 2 aromatic carbocycles. The molecule has 1 amide bonds. The standard InChI is InChI=1S/C23H23Cl3N2O3/c24-13-8-17-16(18(25)9-13)11-20(27-7-5-15(29)12-27)23(17)31-21-4-3-14(10-19(21)26)28-6-1-2-22(28)30/h3-4,8-10,15,20,23,29H,1-2,5-7,11-12H2/t15-,20+,23+/m1/s1. The van der Waals surface area contributed by atoms with Gasteiger partial charge in [-0.05, 0) is 55.2 Å². The van der Waals surface area contributed by atoms with Crippen LogP contribution in [0.25, 0.3) is 0 Å². The number of halogens is 3. The van der Waals surface area contributed by atoms with Crippen molar-refractivity contribution in [3.05, 3.63) is 56.5 Å². The van der Waals surface area contributed by atoms with Crippen molar-refractivity contribution < 1.29 is 14.6 Å². The molecule has 0 radical (unpaired) electrons. The van der Waals surface area contributed by atoms with Crippen molar-refractivity contribution in [1.29, 1.82) is 0 Å². The molecule has 2 heterocycles. The topological polar surface area (TPSA) is 53.0 Å². The van der Waals surface area contributed by atoms with Gasteiger partial charge in [0.2, 0.25) is 5.91 Å². The molecule has 3 atom stereocenters. The van der Waals surface area contributed by atoms with Gasteiger partial charge in [-0.25, -0.2) is 0 Å². The number of amides is 1. The fourth-order valence-electron chi connectivity index (χ4n) is 4.96. The van der Waals surface area contributed by atoms with E-state index in [1.807, 2.05) is 18.2 Å². The Morgan fingerprint density at radius 1 is 1.06 bits per heavy atom. The summed E-state index contributed by atoms with van der Waals surface area (Å²) in [5.74, 6) is 0.669. The first-order valence-electron chi connectivity index (χ1n) is 10.6. The van der Waals surface area contributed by atoms with Crippen LogP contribution in [0.4, 0.5) is 5.69 Å². The number of β-amino-alcohol motifs (C(OH)–C–C–N with tert-alkyl or cyclic N) is 1. The number of aliphatic hydroxyl groups excluding tert-OH is 1. The highest BCUT2D eigenvalue weighted by molar-refractivity contribution is 6.35. The van der Waals surface area contributed by atoms with Crippen LogP contribution in [-0.2, 0) is 11.2 Å². The average molecular weight is 482 g/mol. The second kappa shape index (κ2) is 8.45. The van der Waals surface area contributed by atoms with Gasteiger partial charge in [0.05, 0.1) is 17.2 Å². The normalized spacial score (nSPS) is 26.0. The summed E-state index contributed by atoms with van der Waals surface area (Å²) in [7, 11) is 0. The Labute approximate surface area is 196 Å². The molecule has 0 aromatic heterocycles. The summed E-state index contributed by atoms with van der Waals surface area (Å²) in [6, 6.07) is 9.18. The molecule has 5 nitrogen and oxygen atoms in total. The molecule has 2 fully saturated rings. The summed E-state index contributed by atoms with van der Waals surface area (Å²) in [4.78, 5) is 16.1. The number of fused-ring (bicyclic) bond motifs is 1. The van der Waals surface area contributed by atoms with Crippen LogP contribution in [0.15, 0.2) is 30.3 Å². The van der Waals surface area contributed by atoms with Gasteiger partial charge in [0.1, 0.15) is 11.9 Å². The van der Waals surface area contributed by atoms with Crippen LogP contribution in [0.1, 0.15) is 36.5 Å². The Morgan fingerprint density at radius 2 is 1.90 bits per heavy atom. The molecule has 2 aromatic rings. The molecular formula is C23H23Cl3N2O3. The number of rotatable bonds is 4. The van der Waals surface area contributed by atoms with Gasteiger partial charge in [0.15, 0.2) is 0 Å². The number of carbonyl (C=O) groups excluding carboxylic acids is 1. The summed E-state index contributed by atoms with van der Waals surface area (Å²) < 4.78 is 6.47. The number of aliphatic hydroxyl groups is 1. The van der Waals surface area contributed by atoms with Gasteiger partial charge in [-0.3, -0.25) is 9.69 Å². The number of anilines is 1. The van der Waals surface area contributed by atoms with Crippen molar-refractivity contribution in [2.45, 2.75) is 43.9 Å².